The van der Waals surface area contributed by atoms with Gasteiger partial charge in [0.25, 0.3) is 0 Å². The first kappa shape index (κ1) is 17.7. The van der Waals surface area contributed by atoms with Crippen LogP contribution in [0.25, 0.3) is 0 Å². The van der Waals surface area contributed by atoms with Crippen molar-refractivity contribution < 1.29 is 19.1 Å². The zero-order valence-corrected chi connectivity index (χ0v) is 13.1. The maximum Gasteiger partial charge on any atom is 0.321 e. The summed E-state index contributed by atoms with van der Waals surface area (Å²) in [5.74, 6) is -2.03. The molecular formula is C13H16ClFN2O3S. The van der Waals surface area contributed by atoms with E-state index in [0.717, 1.165) is 17.8 Å². The summed E-state index contributed by atoms with van der Waals surface area (Å²) in [5.41, 5.74) is 5.93. The van der Waals surface area contributed by atoms with Gasteiger partial charge in [0.15, 0.2) is 0 Å². The van der Waals surface area contributed by atoms with Crippen molar-refractivity contribution in [2.24, 2.45) is 5.73 Å². The van der Waals surface area contributed by atoms with Crippen LogP contribution < -0.4 is 11.1 Å². The van der Waals surface area contributed by atoms with Crippen LogP contribution in [0.2, 0.25) is 5.02 Å². The predicted molar refractivity (Wildman–Crippen MR) is 82.2 cm³/mol. The lowest BCUT2D eigenvalue weighted by Gasteiger charge is -2.27. The zero-order chi connectivity index (χ0) is 16.2. The number of benzene rings is 1. The van der Waals surface area contributed by atoms with Crippen molar-refractivity contribution in [2.75, 3.05) is 11.1 Å². The third-order valence-electron chi connectivity index (χ3n) is 2.79. The van der Waals surface area contributed by atoms with Crippen LogP contribution in [-0.2, 0) is 9.59 Å². The number of nitrogens with one attached hydrogen (secondary N) is 1. The maximum atomic E-state index is 13.0. The minimum absolute atomic E-state index is 0.0168. The number of rotatable bonds is 6. The van der Waals surface area contributed by atoms with Gasteiger partial charge in [-0.1, -0.05) is 11.6 Å². The Labute approximate surface area is 131 Å². The third-order valence-corrected chi connectivity index (χ3v) is 4.49. The number of nitrogens with two attached hydrogens (primary N) is 1. The lowest BCUT2D eigenvalue weighted by Crippen LogP contribution is -2.47. The number of carbonyl (C=O) groups excluding carboxylic acids is 1. The fraction of sp³-hybridized carbons (Fsp3) is 0.385. The molecule has 4 N–H and O–H groups in total. The molecule has 0 radical (unpaired) electrons. The van der Waals surface area contributed by atoms with Crippen LogP contribution in [-0.4, -0.2) is 33.5 Å². The maximum absolute atomic E-state index is 13.0. The number of carboxylic acids is 1. The molecule has 0 aromatic heterocycles. The first-order chi connectivity index (χ1) is 9.63. The van der Waals surface area contributed by atoms with Crippen LogP contribution >= 0.6 is 23.4 Å². The highest BCUT2D eigenvalue weighted by molar-refractivity contribution is 8.01. The van der Waals surface area contributed by atoms with Crippen molar-refractivity contribution in [1.82, 2.24) is 0 Å². The summed E-state index contributed by atoms with van der Waals surface area (Å²) < 4.78 is 12.2. The fourth-order valence-electron chi connectivity index (χ4n) is 1.41. The summed E-state index contributed by atoms with van der Waals surface area (Å²) in [6.45, 7) is 3.30. The van der Waals surface area contributed by atoms with E-state index in [2.05, 4.69) is 5.32 Å². The Hall–Kier alpha value is -1.31. The van der Waals surface area contributed by atoms with Crippen molar-refractivity contribution in [2.45, 2.75) is 24.6 Å². The van der Waals surface area contributed by atoms with E-state index in [1.165, 1.54) is 12.1 Å². The van der Waals surface area contributed by atoms with Crippen molar-refractivity contribution in [3.05, 3.63) is 29.0 Å². The van der Waals surface area contributed by atoms with Gasteiger partial charge >= 0.3 is 5.97 Å². The van der Waals surface area contributed by atoms with E-state index in [1.807, 2.05) is 0 Å². The quantitative estimate of drug-likeness (QED) is 0.742. The number of amides is 1. The molecule has 8 heteroatoms. The summed E-state index contributed by atoms with van der Waals surface area (Å²) >= 11 is 6.73. The topological polar surface area (TPSA) is 92.4 Å². The van der Waals surface area contributed by atoms with Gasteiger partial charge in [-0.3, -0.25) is 9.59 Å². The van der Waals surface area contributed by atoms with Gasteiger partial charge in [-0.2, -0.15) is 0 Å². The van der Waals surface area contributed by atoms with E-state index in [1.54, 1.807) is 13.8 Å². The Bertz CT molecular complexity index is 554. The van der Waals surface area contributed by atoms with Crippen LogP contribution in [0.5, 0.6) is 0 Å². The lowest BCUT2D eigenvalue weighted by molar-refractivity contribution is -0.139. The van der Waals surface area contributed by atoms with E-state index in [-0.39, 0.29) is 16.7 Å². The molecule has 1 aromatic carbocycles. The van der Waals surface area contributed by atoms with E-state index in [4.69, 9.17) is 22.4 Å². The van der Waals surface area contributed by atoms with Crippen LogP contribution in [0.4, 0.5) is 10.1 Å². The normalized spacial score (nSPS) is 12.8. The molecule has 0 fully saturated rings. The number of aliphatic carboxylic acids is 1. The Kier molecular flexibility index (Phi) is 6.00. The molecule has 21 heavy (non-hydrogen) atoms. The van der Waals surface area contributed by atoms with Crippen LogP contribution in [0.1, 0.15) is 13.8 Å². The second kappa shape index (κ2) is 7.11. The SMILES string of the molecule is CC(C)(SCC(=O)Nc1ccc(F)c(Cl)c1)[C@H](N)C(=O)O. The largest absolute Gasteiger partial charge is 0.480 e. The second-order valence-electron chi connectivity index (χ2n) is 4.89. The van der Waals surface area contributed by atoms with Crippen molar-refractivity contribution >= 4 is 40.9 Å². The summed E-state index contributed by atoms with van der Waals surface area (Å²) in [4.78, 5) is 22.7. The Morgan fingerprint density at radius 1 is 1.52 bits per heavy atom. The Balaban J connectivity index is 2.58. The molecule has 0 unspecified atom stereocenters. The van der Waals surface area contributed by atoms with Gasteiger partial charge in [0, 0.05) is 10.4 Å². The zero-order valence-electron chi connectivity index (χ0n) is 11.5. The van der Waals surface area contributed by atoms with Crippen molar-refractivity contribution in [3.63, 3.8) is 0 Å². The average molecular weight is 335 g/mol. The number of anilines is 1. The standard InChI is InChI=1S/C13H16ClFN2O3S/c1-13(2,11(16)12(19)20)21-6-10(18)17-7-3-4-9(15)8(14)5-7/h3-5,11H,6,16H2,1-2H3,(H,17,18)(H,19,20)/t11-/m1/s1. The summed E-state index contributed by atoms with van der Waals surface area (Å²) in [6.07, 6.45) is 0. The molecule has 1 rings (SSSR count). The van der Waals surface area contributed by atoms with Gasteiger partial charge < -0.3 is 16.2 Å². The number of hydrogen-bond acceptors (Lipinski definition) is 4. The van der Waals surface area contributed by atoms with Gasteiger partial charge in [-0.05, 0) is 32.0 Å². The molecule has 1 atom stereocenters. The van der Waals surface area contributed by atoms with Crippen molar-refractivity contribution in [3.8, 4) is 0 Å². The van der Waals surface area contributed by atoms with Gasteiger partial charge in [-0.15, -0.1) is 11.8 Å². The third kappa shape index (κ3) is 5.18. The summed E-state index contributed by atoms with van der Waals surface area (Å²) in [5, 5.41) is 11.3. The predicted octanol–water partition coefficient (Wildman–Crippen LogP) is 2.34. The second-order valence-corrected chi connectivity index (χ2v) is 6.92. The molecule has 1 aromatic rings. The number of carbonyl (C=O) groups is 2. The van der Waals surface area contributed by atoms with Crippen LogP contribution in [0.3, 0.4) is 0 Å². The molecule has 0 aliphatic carbocycles. The highest BCUT2D eigenvalue weighted by atomic mass is 35.5. The molecule has 0 saturated carbocycles. The minimum atomic E-state index is -1.13. The van der Waals surface area contributed by atoms with Gasteiger partial charge in [0.1, 0.15) is 11.9 Å². The molecule has 0 aliphatic heterocycles. The molecule has 0 spiro atoms. The molecule has 116 valence electrons. The van der Waals surface area contributed by atoms with E-state index in [9.17, 15) is 14.0 Å². The minimum Gasteiger partial charge on any atom is -0.480 e. The molecule has 0 aliphatic rings. The van der Waals surface area contributed by atoms with Gasteiger partial charge in [0.05, 0.1) is 10.8 Å². The molecular weight excluding hydrogens is 319 g/mol. The summed E-state index contributed by atoms with van der Waals surface area (Å²) in [7, 11) is 0. The molecule has 5 nitrogen and oxygen atoms in total. The number of halogens is 2. The smallest absolute Gasteiger partial charge is 0.321 e. The van der Waals surface area contributed by atoms with Crippen molar-refractivity contribution in [1.29, 1.82) is 0 Å². The average Bonchev–Trinajstić information content (AvgIpc) is 2.40. The van der Waals surface area contributed by atoms with E-state index in [0.29, 0.717) is 5.69 Å². The number of thioether (sulfide) groups is 1. The molecule has 0 heterocycles. The molecule has 1 amide bonds. The number of hydrogen-bond donors (Lipinski definition) is 3. The Morgan fingerprint density at radius 2 is 2.14 bits per heavy atom. The van der Waals surface area contributed by atoms with E-state index >= 15 is 0 Å². The lowest BCUT2D eigenvalue weighted by atomic mass is 10.1. The highest BCUT2D eigenvalue weighted by Gasteiger charge is 2.33. The fourth-order valence-corrected chi connectivity index (χ4v) is 2.45. The molecule has 0 saturated heterocycles. The first-order valence-corrected chi connectivity index (χ1v) is 7.37. The highest BCUT2D eigenvalue weighted by Crippen LogP contribution is 2.27. The Morgan fingerprint density at radius 3 is 2.67 bits per heavy atom. The number of carboxylic acid groups (broad SMARTS) is 1. The monoisotopic (exact) mass is 334 g/mol. The van der Waals surface area contributed by atoms with E-state index < -0.39 is 22.6 Å². The van der Waals surface area contributed by atoms with Crippen LogP contribution in [0.15, 0.2) is 18.2 Å². The van der Waals surface area contributed by atoms with Gasteiger partial charge in [-0.25, -0.2) is 4.39 Å². The summed E-state index contributed by atoms with van der Waals surface area (Å²) in [6, 6.07) is 2.75. The first-order valence-electron chi connectivity index (χ1n) is 6.00. The van der Waals surface area contributed by atoms with Crippen LogP contribution in [0, 0.1) is 5.82 Å². The molecule has 0 bridgehead atoms. The van der Waals surface area contributed by atoms with Gasteiger partial charge in [0.2, 0.25) is 5.91 Å².